The van der Waals surface area contributed by atoms with Crippen molar-refractivity contribution in [1.82, 2.24) is 5.32 Å². The monoisotopic (exact) mass is 1120 g/mol. The van der Waals surface area contributed by atoms with Crippen LogP contribution in [0.3, 0.4) is 0 Å². The van der Waals surface area contributed by atoms with Crippen molar-refractivity contribution < 1.29 is 49.3 Å². The lowest BCUT2D eigenvalue weighted by atomic mass is 9.99. The fraction of sp³-hybridized carbons (Fsp3) is 0.739. The van der Waals surface area contributed by atoms with Gasteiger partial charge in [0, 0.05) is 6.42 Å². The van der Waals surface area contributed by atoms with Crippen molar-refractivity contribution >= 4 is 11.9 Å². The molecule has 11 nitrogen and oxygen atoms in total. The predicted octanol–water partition coefficient (Wildman–Crippen LogP) is 15.9. The molecule has 0 aromatic carbocycles. The second-order valence-corrected chi connectivity index (χ2v) is 22.2. The van der Waals surface area contributed by atoms with Gasteiger partial charge in [0.25, 0.3) is 0 Å². The van der Waals surface area contributed by atoms with Crippen LogP contribution in [-0.2, 0) is 23.8 Å². The van der Waals surface area contributed by atoms with Gasteiger partial charge >= 0.3 is 5.97 Å². The maximum atomic E-state index is 13.4. The summed E-state index contributed by atoms with van der Waals surface area (Å²) in [4.78, 5) is 26.6. The summed E-state index contributed by atoms with van der Waals surface area (Å²) < 4.78 is 17.6. The van der Waals surface area contributed by atoms with Crippen LogP contribution in [0.15, 0.2) is 97.2 Å². The highest BCUT2D eigenvalue weighted by Crippen LogP contribution is 2.26. The smallest absolute Gasteiger partial charge is 0.306 e. The molecule has 6 N–H and O–H groups in total. The van der Waals surface area contributed by atoms with E-state index in [2.05, 4.69) is 74.7 Å². The number of allylic oxidation sites excluding steroid dienone is 15. The number of nitrogens with one attached hydrogen (secondary N) is 1. The summed E-state index contributed by atoms with van der Waals surface area (Å²) >= 11 is 0. The number of hydrogen-bond acceptors (Lipinski definition) is 10. The molecule has 80 heavy (non-hydrogen) atoms. The van der Waals surface area contributed by atoms with Crippen molar-refractivity contribution in [3.8, 4) is 0 Å². The summed E-state index contributed by atoms with van der Waals surface area (Å²) in [7, 11) is 0. The van der Waals surface area contributed by atoms with Gasteiger partial charge in [0.1, 0.15) is 24.4 Å². The molecule has 0 spiro atoms. The Hall–Kier alpha value is -3.42. The molecule has 0 aromatic rings. The molecule has 1 saturated heterocycles. The van der Waals surface area contributed by atoms with E-state index in [4.69, 9.17) is 14.2 Å². The van der Waals surface area contributed by atoms with Crippen LogP contribution in [0, 0.1) is 0 Å². The SMILES string of the molecule is CC/C=C/C=C/C=C/C=C\CCCCCCC(O)C(=O)NC(COC1OC(CO)C(O)C(O)C1OC(=O)CCCCCCCCCCCCCC/C=C\C/C=C\C/C=C\CCCCC)C(O)/C=C/CCCCCCCCCCCC. The number of carbonyl (C=O) groups is 2. The van der Waals surface area contributed by atoms with E-state index in [1.165, 1.54) is 122 Å². The van der Waals surface area contributed by atoms with E-state index in [0.717, 1.165) is 96.3 Å². The Labute approximate surface area is 488 Å². The molecule has 1 rings (SSSR count). The van der Waals surface area contributed by atoms with Gasteiger partial charge in [-0.2, -0.15) is 0 Å². The second kappa shape index (κ2) is 56.1. The number of amides is 1. The highest BCUT2D eigenvalue weighted by Gasteiger charge is 2.47. The standard InChI is InChI=1S/C69H119NO10/c1-4-7-10-13-16-19-22-25-27-28-29-30-31-32-33-34-35-36-37-39-42-45-48-51-54-57-64(74)80-67-66(76)65(75)63(58-71)79-69(67)78-59-60(61(72)55-52-49-46-43-40-24-21-18-15-12-9-6-3)70-68(77)62(73)56-53-50-47-44-41-38-26-23-20-17-14-11-8-5-2/h8,11,14,16-17,19-20,23,25-27,29-30,38,52,55,60-63,65-67,69,71-73,75-76H,4-7,9-10,12-13,15,18,21-22,24,28,31-37,39-51,53-54,56-59H2,1-3H3,(H,70,77)/b11-8+,17-14+,19-16-,23-20+,27-25-,30-29-,38-26-,55-52+. The fourth-order valence-corrected chi connectivity index (χ4v) is 9.67. The van der Waals surface area contributed by atoms with Gasteiger partial charge in [-0.15, -0.1) is 0 Å². The van der Waals surface area contributed by atoms with Crippen molar-refractivity contribution in [2.45, 2.75) is 314 Å². The minimum Gasteiger partial charge on any atom is -0.454 e. The Morgan fingerprint density at radius 1 is 0.512 bits per heavy atom. The molecule has 1 aliphatic heterocycles. The van der Waals surface area contributed by atoms with Crippen molar-refractivity contribution in [3.05, 3.63) is 97.2 Å². The summed E-state index contributed by atoms with van der Waals surface area (Å²) in [5, 5.41) is 57.0. The number of esters is 1. The van der Waals surface area contributed by atoms with Crippen LogP contribution < -0.4 is 5.32 Å². The van der Waals surface area contributed by atoms with Crippen molar-refractivity contribution in [2.75, 3.05) is 13.2 Å². The highest BCUT2D eigenvalue weighted by molar-refractivity contribution is 5.80. The lowest BCUT2D eigenvalue weighted by molar-refractivity contribution is -0.305. The Bertz CT molecular complexity index is 1670. The molecule has 1 aliphatic rings. The molecule has 460 valence electrons. The summed E-state index contributed by atoms with van der Waals surface area (Å²) in [6.07, 6.45) is 64.5. The van der Waals surface area contributed by atoms with E-state index in [1.54, 1.807) is 6.08 Å². The van der Waals surface area contributed by atoms with Gasteiger partial charge in [-0.1, -0.05) is 272 Å². The summed E-state index contributed by atoms with van der Waals surface area (Å²) in [5.41, 5.74) is 0. The summed E-state index contributed by atoms with van der Waals surface area (Å²) in [6.45, 7) is 5.61. The number of ether oxygens (including phenoxy) is 3. The van der Waals surface area contributed by atoms with Gasteiger partial charge in [0.05, 0.1) is 25.4 Å². The van der Waals surface area contributed by atoms with Crippen LogP contribution in [0.5, 0.6) is 0 Å². The first-order valence-electron chi connectivity index (χ1n) is 32.6. The largest absolute Gasteiger partial charge is 0.454 e. The zero-order valence-corrected chi connectivity index (χ0v) is 50.9. The van der Waals surface area contributed by atoms with E-state index in [9.17, 15) is 35.1 Å². The molecule has 0 radical (unpaired) electrons. The minimum absolute atomic E-state index is 0.114. The van der Waals surface area contributed by atoms with Gasteiger partial charge < -0.3 is 45.1 Å². The maximum absolute atomic E-state index is 13.4. The number of aliphatic hydroxyl groups excluding tert-OH is 5. The molecule has 8 atom stereocenters. The number of unbranched alkanes of at least 4 members (excludes halogenated alkanes) is 29. The lowest BCUT2D eigenvalue weighted by Crippen LogP contribution is -2.61. The zero-order valence-electron chi connectivity index (χ0n) is 50.9. The third-order valence-electron chi connectivity index (χ3n) is 14.8. The van der Waals surface area contributed by atoms with E-state index in [0.29, 0.717) is 12.8 Å². The van der Waals surface area contributed by atoms with Gasteiger partial charge in [-0.25, -0.2) is 0 Å². The molecule has 8 unspecified atom stereocenters. The van der Waals surface area contributed by atoms with Crippen LogP contribution in [0.2, 0.25) is 0 Å². The van der Waals surface area contributed by atoms with Gasteiger partial charge in [0.15, 0.2) is 12.4 Å². The van der Waals surface area contributed by atoms with E-state index in [1.807, 2.05) is 42.5 Å². The highest BCUT2D eigenvalue weighted by atomic mass is 16.7. The van der Waals surface area contributed by atoms with E-state index in [-0.39, 0.29) is 19.4 Å². The Kier molecular flexibility index (Phi) is 52.3. The molecular formula is C69H119NO10. The average molecular weight is 1120 g/mol. The minimum atomic E-state index is -1.62. The van der Waals surface area contributed by atoms with Gasteiger partial charge in [-0.05, 0) is 83.5 Å². The summed E-state index contributed by atoms with van der Waals surface area (Å²) in [6, 6.07) is -1.04. The molecular weight excluding hydrogens is 1000 g/mol. The second-order valence-electron chi connectivity index (χ2n) is 22.2. The third kappa shape index (κ3) is 43.3. The maximum Gasteiger partial charge on any atom is 0.306 e. The molecule has 0 aliphatic carbocycles. The van der Waals surface area contributed by atoms with Crippen molar-refractivity contribution in [1.29, 1.82) is 0 Å². The topological polar surface area (TPSA) is 175 Å². The van der Waals surface area contributed by atoms with Crippen LogP contribution in [0.4, 0.5) is 0 Å². The number of rotatable bonds is 54. The first-order valence-corrected chi connectivity index (χ1v) is 32.6. The van der Waals surface area contributed by atoms with Gasteiger partial charge in [0.2, 0.25) is 5.91 Å². The Morgan fingerprint density at radius 3 is 1.49 bits per heavy atom. The molecule has 0 saturated carbocycles. The first kappa shape index (κ1) is 74.6. The molecule has 0 bridgehead atoms. The van der Waals surface area contributed by atoms with Crippen molar-refractivity contribution in [2.24, 2.45) is 0 Å². The summed E-state index contributed by atoms with van der Waals surface area (Å²) in [5.74, 6) is -1.22. The average Bonchev–Trinajstić information content (AvgIpc) is 3.46. The Balaban J connectivity index is 2.61. The van der Waals surface area contributed by atoms with Crippen molar-refractivity contribution in [3.63, 3.8) is 0 Å². The molecule has 1 amide bonds. The molecule has 1 heterocycles. The fourth-order valence-electron chi connectivity index (χ4n) is 9.67. The van der Waals surface area contributed by atoms with Crippen LogP contribution in [-0.4, -0.2) is 99.6 Å². The number of hydrogen-bond donors (Lipinski definition) is 6. The number of aliphatic hydroxyl groups is 5. The van der Waals surface area contributed by atoms with Gasteiger partial charge in [-0.3, -0.25) is 9.59 Å². The zero-order chi connectivity index (χ0) is 58.2. The van der Waals surface area contributed by atoms with E-state index < -0.39 is 67.4 Å². The van der Waals surface area contributed by atoms with Crippen LogP contribution >= 0.6 is 0 Å². The Morgan fingerprint density at radius 2 is 0.950 bits per heavy atom. The predicted molar refractivity (Wildman–Crippen MR) is 333 cm³/mol. The normalized spacial score (nSPS) is 19.4. The van der Waals surface area contributed by atoms with Crippen LogP contribution in [0.1, 0.15) is 265 Å². The van der Waals surface area contributed by atoms with Crippen LogP contribution in [0.25, 0.3) is 0 Å². The first-order chi connectivity index (χ1) is 39.2. The third-order valence-corrected chi connectivity index (χ3v) is 14.8. The quantitative estimate of drug-likeness (QED) is 0.0149. The number of carbonyl (C=O) groups excluding carboxylic acids is 2. The van der Waals surface area contributed by atoms with E-state index >= 15 is 0 Å². The molecule has 1 fully saturated rings. The lowest BCUT2D eigenvalue weighted by Gasteiger charge is -2.41. The molecule has 11 heteroatoms. The molecule has 0 aromatic heterocycles.